The first-order chi connectivity index (χ1) is 13.0. The van der Waals surface area contributed by atoms with E-state index in [4.69, 9.17) is 0 Å². The zero-order valence-corrected chi connectivity index (χ0v) is 15.3. The summed E-state index contributed by atoms with van der Waals surface area (Å²) in [5.41, 5.74) is 3.07. The summed E-state index contributed by atoms with van der Waals surface area (Å²) in [5, 5.41) is 14.6. The first-order valence-electron chi connectivity index (χ1n) is 8.11. The molecule has 3 rings (SSSR count). The summed E-state index contributed by atoms with van der Waals surface area (Å²) in [5.74, 6) is -0.749. The summed E-state index contributed by atoms with van der Waals surface area (Å²) in [4.78, 5) is 25.5. The molecule has 10 heteroatoms. The molecule has 1 N–H and O–H groups in total. The molecule has 0 unspecified atom stereocenters. The Labute approximate surface area is 158 Å². The number of benzene rings is 1. The smallest absolute Gasteiger partial charge is 0.226 e. The highest BCUT2D eigenvalue weighted by molar-refractivity contribution is 7.13. The number of carbonyl (C=O) groups excluding carboxylic acids is 2. The van der Waals surface area contributed by atoms with Crippen LogP contribution in [0.1, 0.15) is 18.4 Å². The normalized spacial score (nSPS) is 10.6. The van der Waals surface area contributed by atoms with Crippen molar-refractivity contribution in [1.29, 1.82) is 0 Å². The average molecular weight is 388 g/mol. The molecule has 0 fully saturated rings. The molecule has 0 atom stereocenters. The predicted octanol–water partition coefficient (Wildman–Crippen LogP) is 2.24. The van der Waals surface area contributed by atoms with Crippen LogP contribution in [0.5, 0.6) is 0 Å². The van der Waals surface area contributed by atoms with Crippen LogP contribution in [0.2, 0.25) is 0 Å². The Morgan fingerprint density at radius 3 is 2.74 bits per heavy atom. The number of nitrogens with zero attached hydrogens (tertiary/aromatic N) is 5. The zero-order chi connectivity index (χ0) is 19.2. The lowest BCUT2D eigenvalue weighted by atomic mass is 10.2. The van der Waals surface area contributed by atoms with Crippen molar-refractivity contribution in [3.05, 3.63) is 53.6 Å². The third-order valence-electron chi connectivity index (χ3n) is 3.75. The maximum atomic E-state index is 13.0. The van der Waals surface area contributed by atoms with E-state index in [1.165, 1.54) is 33.9 Å². The van der Waals surface area contributed by atoms with Gasteiger partial charge < -0.3 is 10.2 Å². The van der Waals surface area contributed by atoms with Crippen LogP contribution in [0.15, 0.2) is 42.2 Å². The molecule has 3 aromatic rings. The van der Waals surface area contributed by atoms with Crippen molar-refractivity contribution in [3.8, 4) is 5.69 Å². The first kappa shape index (κ1) is 18.6. The summed E-state index contributed by atoms with van der Waals surface area (Å²) in [6.45, 7) is 0.359. The summed E-state index contributed by atoms with van der Waals surface area (Å²) in [7, 11) is 1.67. The average Bonchev–Trinajstić information content (AvgIpc) is 3.32. The van der Waals surface area contributed by atoms with Crippen LogP contribution in [0.25, 0.3) is 5.69 Å². The minimum atomic E-state index is -0.313. The number of hydrogen-bond donors (Lipinski definition) is 1. The Balaban J connectivity index is 1.49. The van der Waals surface area contributed by atoms with E-state index in [2.05, 4.69) is 20.6 Å². The van der Waals surface area contributed by atoms with E-state index in [1.807, 2.05) is 0 Å². The maximum absolute atomic E-state index is 13.0. The van der Waals surface area contributed by atoms with Crippen LogP contribution in [0.4, 0.5) is 9.52 Å². The van der Waals surface area contributed by atoms with Crippen molar-refractivity contribution in [2.75, 3.05) is 12.4 Å². The van der Waals surface area contributed by atoms with Crippen LogP contribution < -0.4 is 5.32 Å². The van der Waals surface area contributed by atoms with E-state index < -0.39 is 0 Å². The van der Waals surface area contributed by atoms with Gasteiger partial charge in [-0.25, -0.2) is 9.07 Å². The van der Waals surface area contributed by atoms with Gasteiger partial charge in [0, 0.05) is 38.2 Å². The summed E-state index contributed by atoms with van der Waals surface area (Å²) < 4.78 is 14.6. The van der Waals surface area contributed by atoms with E-state index in [0.717, 1.165) is 11.3 Å². The Hall–Kier alpha value is -3.14. The highest BCUT2D eigenvalue weighted by atomic mass is 32.1. The molecule has 1 aromatic carbocycles. The second kappa shape index (κ2) is 8.49. The number of anilines is 1. The topological polar surface area (TPSA) is 93.0 Å². The molecule has 0 radical (unpaired) electrons. The molecule has 2 amide bonds. The summed E-state index contributed by atoms with van der Waals surface area (Å²) in [6, 6.07) is 5.97. The monoisotopic (exact) mass is 388 g/mol. The number of aromatic nitrogens is 4. The molecule has 27 heavy (non-hydrogen) atoms. The fourth-order valence-corrected chi connectivity index (χ4v) is 2.82. The number of hydrogen-bond acceptors (Lipinski definition) is 6. The van der Waals surface area contributed by atoms with Crippen LogP contribution in [-0.4, -0.2) is 43.7 Å². The Bertz CT molecular complexity index is 910. The maximum Gasteiger partial charge on any atom is 0.226 e. The van der Waals surface area contributed by atoms with Gasteiger partial charge in [0.1, 0.15) is 11.3 Å². The van der Waals surface area contributed by atoms with E-state index in [9.17, 15) is 14.0 Å². The van der Waals surface area contributed by atoms with Gasteiger partial charge in [0.05, 0.1) is 11.9 Å². The summed E-state index contributed by atoms with van der Waals surface area (Å²) in [6.07, 6.45) is 3.58. The molecular formula is C17H17FN6O2S. The van der Waals surface area contributed by atoms with Crippen LogP contribution in [0.3, 0.4) is 0 Å². The molecule has 8 nitrogen and oxygen atoms in total. The molecule has 0 spiro atoms. The minimum Gasteiger partial charge on any atom is -0.341 e. The molecule has 0 aliphatic carbocycles. The number of amides is 2. The SMILES string of the molecule is CN(Cc1cnn(-c2ccc(F)cc2)c1)C(=O)CCC(=O)Nc1nncs1. The van der Waals surface area contributed by atoms with Gasteiger partial charge in [0.2, 0.25) is 16.9 Å². The van der Waals surface area contributed by atoms with E-state index in [1.54, 1.807) is 36.3 Å². The fraction of sp³-hybridized carbons (Fsp3) is 0.235. The summed E-state index contributed by atoms with van der Waals surface area (Å²) >= 11 is 1.22. The highest BCUT2D eigenvalue weighted by Gasteiger charge is 2.14. The molecule has 140 valence electrons. The Kier molecular flexibility index (Phi) is 5.87. The van der Waals surface area contributed by atoms with Crippen LogP contribution >= 0.6 is 11.3 Å². The van der Waals surface area contributed by atoms with Gasteiger partial charge in [0.15, 0.2) is 0 Å². The van der Waals surface area contributed by atoms with Gasteiger partial charge in [-0.3, -0.25) is 9.59 Å². The number of nitrogens with one attached hydrogen (secondary N) is 1. The lowest BCUT2D eigenvalue weighted by Gasteiger charge is -2.15. The Morgan fingerprint density at radius 2 is 2.04 bits per heavy atom. The molecule has 0 bridgehead atoms. The lowest BCUT2D eigenvalue weighted by Crippen LogP contribution is -2.27. The molecule has 2 aromatic heterocycles. The third-order valence-corrected chi connectivity index (χ3v) is 4.35. The van der Waals surface area contributed by atoms with Gasteiger partial charge in [-0.1, -0.05) is 11.3 Å². The highest BCUT2D eigenvalue weighted by Crippen LogP contribution is 2.12. The van der Waals surface area contributed by atoms with Crippen molar-refractivity contribution in [2.24, 2.45) is 0 Å². The van der Waals surface area contributed by atoms with E-state index in [-0.39, 0.29) is 30.5 Å². The van der Waals surface area contributed by atoms with Crippen molar-refractivity contribution in [2.45, 2.75) is 19.4 Å². The lowest BCUT2D eigenvalue weighted by molar-refractivity contribution is -0.132. The largest absolute Gasteiger partial charge is 0.341 e. The predicted molar refractivity (Wildman–Crippen MR) is 97.8 cm³/mol. The first-order valence-corrected chi connectivity index (χ1v) is 8.98. The second-order valence-corrected chi connectivity index (χ2v) is 6.64. The quantitative estimate of drug-likeness (QED) is 0.670. The fourth-order valence-electron chi connectivity index (χ4n) is 2.36. The molecule has 0 aliphatic heterocycles. The van der Waals surface area contributed by atoms with Gasteiger partial charge >= 0.3 is 0 Å². The molecule has 2 heterocycles. The second-order valence-electron chi connectivity index (χ2n) is 5.81. The van der Waals surface area contributed by atoms with Crippen molar-refractivity contribution < 1.29 is 14.0 Å². The third kappa shape index (κ3) is 5.17. The molecule has 0 saturated heterocycles. The Morgan fingerprint density at radius 1 is 1.26 bits per heavy atom. The van der Waals surface area contributed by atoms with Gasteiger partial charge in [0.25, 0.3) is 0 Å². The molecular weight excluding hydrogens is 371 g/mol. The van der Waals surface area contributed by atoms with E-state index >= 15 is 0 Å². The van der Waals surface area contributed by atoms with Gasteiger partial charge in [-0.05, 0) is 24.3 Å². The molecule has 0 aliphatic rings. The van der Waals surface area contributed by atoms with Gasteiger partial charge in [-0.15, -0.1) is 10.2 Å². The standard InChI is InChI=1S/C17H17FN6O2S/c1-23(16(26)7-6-15(25)21-17-22-19-11-27-17)9-12-8-20-24(10-12)14-4-2-13(18)3-5-14/h2-5,8,10-11H,6-7,9H2,1H3,(H,21,22,25). The molecule has 0 saturated carbocycles. The van der Waals surface area contributed by atoms with Gasteiger partial charge in [-0.2, -0.15) is 5.10 Å². The number of carbonyl (C=O) groups is 2. The van der Waals surface area contributed by atoms with Crippen LogP contribution in [0, 0.1) is 5.82 Å². The van der Waals surface area contributed by atoms with Crippen molar-refractivity contribution in [3.63, 3.8) is 0 Å². The van der Waals surface area contributed by atoms with Crippen molar-refractivity contribution >= 4 is 28.3 Å². The number of halogens is 1. The van der Waals surface area contributed by atoms with Crippen molar-refractivity contribution in [1.82, 2.24) is 24.9 Å². The van der Waals surface area contributed by atoms with Crippen LogP contribution in [-0.2, 0) is 16.1 Å². The minimum absolute atomic E-state index is 0.0671. The number of rotatable bonds is 7. The van der Waals surface area contributed by atoms with E-state index in [0.29, 0.717) is 11.7 Å². The zero-order valence-electron chi connectivity index (χ0n) is 14.5.